The minimum absolute atomic E-state index is 0.797. The minimum atomic E-state index is 0.797. The number of para-hydroxylation sites is 3. The van der Waals surface area contributed by atoms with E-state index in [4.69, 9.17) is 4.42 Å². The summed E-state index contributed by atoms with van der Waals surface area (Å²) in [7, 11) is 0. The summed E-state index contributed by atoms with van der Waals surface area (Å²) in [6.07, 6.45) is 0. The van der Waals surface area contributed by atoms with Crippen LogP contribution in [0.4, 0.5) is 0 Å². The largest absolute Gasteiger partial charge is 0.456 e. The zero-order valence-electron chi connectivity index (χ0n) is 12.0. The molecule has 5 rings (SSSR count). The van der Waals surface area contributed by atoms with E-state index < -0.39 is 0 Å². The van der Waals surface area contributed by atoms with Gasteiger partial charge in [-0.3, -0.25) is 4.57 Å². The van der Waals surface area contributed by atoms with Crippen molar-refractivity contribution >= 4 is 48.9 Å². The second kappa shape index (κ2) is 4.70. The molecule has 2 heterocycles. The predicted octanol–water partition coefficient (Wildman–Crippen LogP) is 5.69. The SMILES string of the molecule is Brc1nc2ccccc2n1-c1ccc2oc3ccccc3c2c1. The fourth-order valence-electron chi connectivity index (χ4n) is 3.10. The molecule has 5 aromatic rings. The molecule has 3 nitrogen and oxygen atoms in total. The van der Waals surface area contributed by atoms with Crippen LogP contribution in [0.25, 0.3) is 38.7 Å². The standard InChI is InChI=1S/C19H11BrN2O/c20-19-21-15-6-2-3-7-16(15)22(19)12-9-10-18-14(11-12)13-5-1-4-8-17(13)23-18/h1-11H. The van der Waals surface area contributed by atoms with Gasteiger partial charge >= 0.3 is 0 Å². The van der Waals surface area contributed by atoms with Crippen LogP contribution in [-0.4, -0.2) is 9.55 Å². The lowest BCUT2D eigenvalue weighted by atomic mass is 10.1. The molecule has 0 unspecified atom stereocenters. The van der Waals surface area contributed by atoms with Crippen LogP contribution in [0.2, 0.25) is 0 Å². The summed E-state index contributed by atoms with van der Waals surface area (Å²) in [5.74, 6) is 0. The first-order valence-electron chi connectivity index (χ1n) is 7.36. The fraction of sp³-hybridized carbons (Fsp3) is 0. The third-order valence-corrected chi connectivity index (χ3v) is 4.67. The van der Waals surface area contributed by atoms with Gasteiger partial charge in [0.15, 0.2) is 4.73 Å². The fourth-order valence-corrected chi connectivity index (χ4v) is 3.68. The van der Waals surface area contributed by atoms with Crippen molar-refractivity contribution in [3.8, 4) is 5.69 Å². The topological polar surface area (TPSA) is 31.0 Å². The van der Waals surface area contributed by atoms with Crippen molar-refractivity contribution in [2.24, 2.45) is 0 Å². The molecule has 0 radical (unpaired) electrons. The Bertz CT molecular complexity index is 1190. The van der Waals surface area contributed by atoms with Crippen LogP contribution < -0.4 is 0 Å². The molecular formula is C19H11BrN2O. The number of aromatic nitrogens is 2. The van der Waals surface area contributed by atoms with Crippen molar-refractivity contribution in [2.45, 2.75) is 0 Å². The van der Waals surface area contributed by atoms with E-state index >= 15 is 0 Å². The van der Waals surface area contributed by atoms with Gasteiger partial charge in [0.25, 0.3) is 0 Å². The highest BCUT2D eigenvalue weighted by Gasteiger charge is 2.12. The van der Waals surface area contributed by atoms with Crippen molar-refractivity contribution in [1.82, 2.24) is 9.55 Å². The molecule has 0 atom stereocenters. The van der Waals surface area contributed by atoms with Crippen LogP contribution in [-0.2, 0) is 0 Å². The van der Waals surface area contributed by atoms with Crippen molar-refractivity contribution in [3.63, 3.8) is 0 Å². The minimum Gasteiger partial charge on any atom is -0.456 e. The van der Waals surface area contributed by atoms with E-state index in [0.29, 0.717) is 0 Å². The Morgan fingerprint density at radius 1 is 0.826 bits per heavy atom. The van der Waals surface area contributed by atoms with Crippen molar-refractivity contribution in [3.05, 3.63) is 71.5 Å². The van der Waals surface area contributed by atoms with E-state index in [9.17, 15) is 0 Å². The van der Waals surface area contributed by atoms with Gasteiger partial charge in [-0.05, 0) is 52.3 Å². The summed E-state index contributed by atoms with van der Waals surface area (Å²) in [5.41, 5.74) is 4.91. The summed E-state index contributed by atoms with van der Waals surface area (Å²) < 4.78 is 8.81. The number of hydrogen-bond donors (Lipinski definition) is 0. The van der Waals surface area contributed by atoms with E-state index in [-0.39, 0.29) is 0 Å². The molecule has 0 aliphatic heterocycles. The lowest BCUT2D eigenvalue weighted by molar-refractivity contribution is 0.669. The Morgan fingerprint density at radius 2 is 1.61 bits per heavy atom. The smallest absolute Gasteiger partial charge is 0.182 e. The summed E-state index contributed by atoms with van der Waals surface area (Å²) in [5, 5.41) is 2.24. The van der Waals surface area contributed by atoms with Crippen LogP contribution in [0.5, 0.6) is 0 Å². The first-order chi connectivity index (χ1) is 11.3. The van der Waals surface area contributed by atoms with E-state index in [2.05, 4.69) is 49.7 Å². The Kier molecular flexibility index (Phi) is 2.64. The van der Waals surface area contributed by atoms with E-state index in [1.165, 1.54) is 0 Å². The summed E-state index contributed by atoms with van der Waals surface area (Å²) in [4.78, 5) is 4.58. The maximum atomic E-state index is 5.91. The number of furan rings is 1. The Hall–Kier alpha value is -2.59. The van der Waals surface area contributed by atoms with Crippen LogP contribution >= 0.6 is 15.9 Å². The molecule has 4 heteroatoms. The first-order valence-corrected chi connectivity index (χ1v) is 8.15. The molecule has 0 N–H and O–H groups in total. The molecule has 2 aromatic heterocycles. The lowest BCUT2D eigenvalue weighted by Gasteiger charge is -2.06. The van der Waals surface area contributed by atoms with Crippen LogP contribution in [0, 0.1) is 0 Å². The molecule has 0 aliphatic carbocycles. The monoisotopic (exact) mass is 362 g/mol. The quantitative estimate of drug-likeness (QED) is 0.383. The molecule has 3 aromatic carbocycles. The van der Waals surface area contributed by atoms with Crippen LogP contribution in [0.3, 0.4) is 0 Å². The van der Waals surface area contributed by atoms with Gasteiger partial charge in [0, 0.05) is 16.5 Å². The molecule has 0 saturated carbocycles. The van der Waals surface area contributed by atoms with Gasteiger partial charge in [0.05, 0.1) is 11.0 Å². The van der Waals surface area contributed by atoms with Crippen molar-refractivity contribution < 1.29 is 4.42 Å². The maximum absolute atomic E-state index is 5.91. The normalized spacial score (nSPS) is 11.7. The maximum Gasteiger partial charge on any atom is 0.182 e. The molecule has 110 valence electrons. The number of rotatable bonds is 1. The second-order valence-electron chi connectivity index (χ2n) is 5.48. The van der Waals surface area contributed by atoms with Gasteiger partial charge in [-0.1, -0.05) is 30.3 Å². The van der Waals surface area contributed by atoms with Crippen molar-refractivity contribution in [1.29, 1.82) is 0 Å². The molecule has 0 aliphatic rings. The van der Waals surface area contributed by atoms with Gasteiger partial charge in [0.1, 0.15) is 11.2 Å². The number of fused-ring (bicyclic) bond motifs is 4. The van der Waals surface area contributed by atoms with Gasteiger partial charge in [0.2, 0.25) is 0 Å². The Balaban J connectivity index is 1.85. The van der Waals surface area contributed by atoms with Crippen LogP contribution in [0.15, 0.2) is 75.9 Å². The molecule has 0 saturated heterocycles. The summed E-state index contributed by atoms with van der Waals surface area (Å²) >= 11 is 3.58. The first kappa shape index (κ1) is 12.9. The second-order valence-corrected chi connectivity index (χ2v) is 6.19. The van der Waals surface area contributed by atoms with E-state index in [0.717, 1.165) is 43.4 Å². The van der Waals surface area contributed by atoms with Gasteiger partial charge in [-0.15, -0.1) is 0 Å². The number of hydrogen-bond acceptors (Lipinski definition) is 2. The highest BCUT2D eigenvalue weighted by Crippen LogP contribution is 2.32. The number of benzene rings is 3. The van der Waals surface area contributed by atoms with E-state index in [1.807, 2.05) is 42.5 Å². The molecule has 0 amide bonds. The van der Waals surface area contributed by atoms with Gasteiger partial charge in [-0.25, -0.2) is 4.98 Å². The average Bonchev–Trinajstić information content (AvgIpc) is 3.11. The Labute approximate surface area is 140 Å². The summed E-state index contributed by atoms with van der Waals surface area (Å²) in [6.45, 7) is 0. The molecule has 23 heavy (non-hydrogen) atoms. The third kappa shape index (κ3) is 1.85. The number of nitrogens with zero attached hydrogens (tertiary/aromatic N) is 2. The van der Waals surface area contributed by atoms with E-state index in [1.54, 1.807) is 0 Å². The molecule has 0 fully saturated rings. The molecular weight excluding hydrogens is 352 g/mol. The number of imidazole rings is 1. The lowest BCUT2D eigenvalue weighted by Crippen LogP contribution is -1.93. The third-order valence-electron chi connectivity index (χ3n) is 4.14. The summed E-state index contributed by atoms with van der Waals surface area (Å²) in [6, 6.07) is 22.5. The van der Waals surface area contributed by atoms with Crippen molar-refractivity contribution in [2.75, 3.05) is 0 Å². The highest BCUT2D eigenvalue weighted by atomic mass is 79.9. The Morgan fingerprint density at radius 3 is 2.57 bits per heavy atom. The zero-order valence-corrected chi connectivity index (χ0v) is 13.6. The zero-order chi connectivity index (χ0) is 15.4. The van der Waals surface area contributed by atoms with Gasteiger partial charge < -0.3 is 4.42 Å². The van der Waals surface area contributed by atoms with Gasteiger partial charge in [-0.2, -0.15) is 0 Å². The number of halogens is 1. The highest BCUT2D eigenvalue weighted by molar-refractivity contribution is 9.10. The predicted molar refractivity (Wildman–Crippen MR) is 96.0 cm³/mol. The molecule has 0 bridgehead atoms. The average molecular weight is 363 g/mol. The molecule has 0 spiro atoms. The van der Waals surface area contributed by atoms with Crippen LogP contribution in [0.1, 0.15) is 0 Å².